The fourth-order valence-corrected chi connectivity index (χ4v) is 1.79. The fraction of sp³-hybridized carbons (Fsp3) is 0.133. The monoisotopic (exact) mass is 292 g/mol. The standard InChI is InChI=1S/C15H14F2N2O2/c16-10-3-6-12(13(17)7-10)15(21)19-8-14(20)9-1-4-11(18)5-2-9/h1-7,14,20H,8,18H2,(H,19,21). The molecule has 0 saturated heterocycles. The van der Waals surface area contributed by atoms with Gasteiger partial charge in [-0.3, -0.25) is 4.79 Å². The van der Waals surface area contributed by atoms with Crippen LogP contribution in [0, 0.1) is 11.6 Å². The Labute approximate surface area is 120 Å². The predicted octanol–water partition coefficient (Wildman–Crippen LogP) is 2.01. The normalized spacial score (nSPS) is 12.0. The Morgan fingerprint density at radius 1 is 1.19 bits per heavy atom. The second-order valence-electron chi connectivity index (χ2n) is 4.52. The highest BCUT2D eigenvalue weighted by atomic mass is 19.1. The van der Waals surface area contributed by atoms with Crippen LogP contribution in [-0.4, -0.2) is 17.6 Å². The molecule has 6 heteroatoms. The second kappa shape index (κ2) is 6.32. The lowest BCUT2D eigenvalue weighted by atomic mass is 10.1. The van der Waals surface area contributed by atoms with Crippen LogP contribution in [0.25, 0.3) is 0 Å². The summed E-state index contributed by atoms with van der Waals surface area (Å²) in [5, 5.41) is 12.3. The predicted molar refractivity (Wildman–Crippen MR) is 74.5 cm³/mol. The quantitative estimate of drug-likeness (QED) is 0.755. The number of amides is 1. The third-order valence-corrected chi connectivity index (χ3v) is 2.95. The van der Waals surface area contributed by atoms with Crippen LogP contribution in [0.5, 0.6) is 0 Å². The van der Waals surface area contributed by atoms with Gasteiger partial charge in [0.25, 0.3) is 5.91 Å². The molecule has 0 aliphatic heterocycles. The van der Waals surface area contributed by atoms with Gasteiger partial charge in [-0.05, 0) is 29.8 Å². The van der Waals surface area contributed by atoms with Crippen molar-refractivity contribution in [3.8, 4) is 0 Å². The summed E-state index contributed by atoms with van der Waals surface area (Å²) in [6, 6.07) is 9.19. The lowest BCUT2D eigenvalue weighted by molar-refractivity contribution is 0.0912. The van der Waals surface area contributed by atoms with Gasteiger partial charge in [-0.25, -0.2) is 8.78 Å². The Hall–Kier alpha value is -2.47. The largest absolute Gasteiger partial charge is 0.399 e. The molecule has 0 aliphatic rings. The Kier molecular flexibility index (Phi) is 4.49. The number of nitrogens with one attached hydrogen (secondary N) is 1. The number of rotatable bonds is 4. The highest BCUT2D eigenvalue weighted by Crippen LogP contribution is 2.14. The molecular formula is C15H14F2N2O2. The van der Waals surface area contributed by atoms with Crippen molar-refractivity contribution in [2.75, 3.05) is 12.3 Å². The van der Waals surface area contributed by atoms with Gasteiger partial charge in [-0.1, -0.05) is 12.1 Å². The molecule has 0 heterocycles. The second-order valence-corrected chi connectivity index (χ2v) is 4.52. The Bertz CT molecular complexity index is 645. The molecule has 2 aromatic carbocycles. The van der Waals surface area contributed by atoms with Crippen molar-refractivity contribution in [3.05, 3.63) is 65.2 Å². The minimum absolute atomic E-state index is 0.0977. The van der Waals surface area contributed by atoms with Crippen LogP contribution in [0.15, 0.2) is 42.5 Å². The van der Waals surface area contributed by atoms with Crippen LogP contribution in [0.1, 0.15) is 22.0 Å². The van der Waals surface area contributed by atoms with E-state index in [0.29, 0.717) is 17.3 Å². The van der Waals surface area contributed by atoms with Gasteiger partial charge in [-0.2, -0.15) is 0 Å². The molecule has 4 nitrogen and oxygen atoms in total. The van der Waals surface area contributed by atoms with Crippen LogP contribution < -0.4 is 11.1 Å². The van der Waals surface area contributed by atoms with Crippen LogP contribution in [0.2, 0.25) is 0 Å². The van der Waals surface area contributed by atoms with Gasteiger partial charge in [0, 0.05) is 18.3 Å². The minimum Gasteiger partial charge on any atom is -0.399 e. The zero-order valence-corrected chi connectivity index (χ0v) is 11.0. The van der Waals surface area contributed by atoms with E-state index >= 15 is 0 Å². The number of nitrogens with two attached hydrogens (primary N) is 1. The first-order valence-electron chi connectivity index (χ1n) is 6.24. The number of nitrogen functional groups attached to an aromatic ring is 1. The van der Waals surface area contributed by atoms with E-state index in [9.17, 15) is 18.7 Å². The van der Waals surface area contributed by atoms with E-state index in [4.69, 9.17) is 5.73 Å². The van der Waals surface area contributed by atoms with Crippen molar-refractivity contribution in [2.24, 2.45) is 0 Å². The van der Waals surface area contributed by atoms with E-state index in [0.717, 1.165) is 12.1 Å². The summed E-state index contributed by atoms with van der Waals surface area (Å²) in [7, 11) is 0. The van der Waals surface area contributed by atoms with E-state index < -0.39 is 23.6 Å². The maximum absolute atomic E-state index is 13.4. The van der Waals surface area contributed by atoms with Crippen molar-refractivity contribution in [2.45, 2.75) is 6.10 Å². The molecule has 0 bridgehead atoms. The molecule has 110 valence electrons. The maximum atomic E-state index is 13.4. The van der Waals surface area contributed by atoms with Crippen LogP contribution in [0.3, 0.4) is 0 Å². The molecule has 0 aromatic heterocycles. The number of aliphatic hydroxyl groups excluding tert-OH is 1. The average molecular weight is 292 g/mol. The third-order valence-electron chi connectivity index (χ3n) is 2.95. The number of carbonyl (C=O) groups is 1. The van der Waals surface area contributed by atoms with Crippen molar-refractivity contribution in [1.82, 2.24) is 5.32 Å². The number of anilines is 1. The van der Waals surface area contributed by atoms with Crippen molar-refractivity contribution < 1.29 is 18.7 Å². The molecular weight excluding hydrogens is 278 g/mol. The highest BCUT2D eigenvalue weighted by molar-refractivity contribution is 5.94. The molecule has 1 atom stereocenters. The summed E-state index contributed by atoms with van der Waals surface area (Å²) in [5.41, 5.74) is 6.39. The van der Waals surface area contributed by atoms with E-state index in [1.54, 1.807) is 24.3 Å². The SMILES string of the molecule is Nc1ccc(C(O)CNC(=O)c2ccc(F)cc2F)cc1. The van der Waals surface area contributed by atoms with Gasteiger partial charge < -0.3 is 16.2 Å². The summed E-state index contributed by atoms with van der Waals surface area (Å²) in [5.74, 6) is -2.43. The zero-order valence-electron chi connectivity index (χ0n) is 11.0. The van der Waals surface area contributed by atoms with Gasteiger partial charge >= 0.3 is 0 Å². The van der Waals surface area contributed by atoms with Crippen molar-refractivity contribution >= 4 is 11.6 Å². The number of hydrogen-bond acceptors (Lipinski definition) is 3. The molecule has 2 rings (SSSR count). The van der Waals surface area contributed by atoms with Crippen LogP contribution in [0.4, 0.5) is 14.5 Å². The van der Waals surface area contributed by atoms with E-state index in [2.05, 4.69) is 5.32 Å². The van der Waals surface area contributed by atoms with Gasteiger partial charge in [-0.15, -0.1) is 0 Å². The van der Waals surface area contributed by atoms with Crippen molar-refractivity contribution in [3.63, 3.8) is 0 Å². The number of hydrogen-bond donors (Lipinski definition) is 3. The Morgan fingerprint density at radius 2 is 1.86 bits per heavy atom. The van der Waals surface area contributed by atoms with Crippen LogP contribution >= 0.6 is 0 Å². The lowest BCUT2D eigenvalue weighted by Crippen LogP contribution is -2.29. The maximum Gasteiger partial charge on any atom is 0.254 e. The molecule has 0 fully saturated rings. The van der Waals surface area contributed by atoms with Gasteiger partial charge in [0.05, 0.1) is 11.7 Å². The van der Waals surface area contributed by atoms with Crippen LogP contribution in [-0.2, 0) is 0 Å². The Balaban J connectivity index is 1.99. The molecule has 1 amide bonds. The van der Waals surface area contributed by atoms with Crippen molar-refractivity contribution in [1.29, 1.82) is 0 Å². The number of halogens is 2. The molecule has 0 radical (unpaired) electrons. The fourth-order valence-electron chi connectivity index (χ4n) is 1.79. The van der Waals surface area contributed by atoms with Gasteiger partial charge in [0.2, 0.25) is 0 Å². The molecule has 0 saturated carbocycles. The molecule has 1 unspecified atom stereocenters. The molecule has 2 aromatic rings. The molecule has 0 aliphatic carbocycles. The summed E-state index contributed by atoms with van der Waals surface area (Å²) in [6.07, 6.45) is -0.946. The van der Waals surface area contributed by atoms with E-state index in [1.807, 2.05) is 0 Å². The molecule has 4 N–H and O–H groups in total. The smallest absolute Gasteiger partial charge is 0.254 e. The minimum atomic E-state index is -0.950. The highest BCUT2D eigenvalue weighted by Gasteiger charge is 2.14. The molecule has 21 heavy (non-hydrogen) atoms. The average Bonchev–Trinajstić information content (AvgIpc) is 2.45. The molecule has 0 spiro atoms. The van der Waals surface area contributed by atoms with E-state index in [-0.39, 0.29) is 12.1 Å². The lowest BCUT2D eigenvalue weighted by Gasteiger charge is -2.13. The van der Waals surface area contributed by atoms with E-state index in [1.165, 1.54) is 0 Å². The first-order valence-corrected chi connectivity index (χ1v) is 6.24. The number of benzene rings is 2. The summed E-state index contributed by atoms with van der Waals surface area (Å²) in [4.78, 5) is 11.8. The zero-order chi connectivity index (χ0) is 15.4. The third kappa shape index (κ3) is 3.76. The number of aliphatic hydroxyl groups is 1. The summed E-state index contributed by atoms with van der Waals surface area (Å²) in [6.45, 7) is -0.0977. The summed E-state index contributed by atoms with van der Waals surface area (Å²) >= 11 is 0. The summed E-state index contributed by atoms with van der Waals surface area (Å²) < 4.78 is 26.2. The van der Waals surface area contributed by atoms with Gasteiger partial charge in [0.1, 0.15) is 11.6 Å². The number of carbonyl (C=O) groups excluding carboxylic acids is 1. The topological polar surface area (TPSA) is 75.3 Å². The first kappa shape index (κ1) is 14.9. The Morgan fingerprint density at radius 3 is 2.48 bits per heavy atom. The first-order chi connectivity index (χ1) is 9.97. The van der Waals surface area contributed by atoms with Gasteiger partial charge in [0.15, 0.2) is 0 Å².